The van der Waals surface area contributed by atoms with Crippen molar-refractivity contribution in [2.75, 3.05) is 12.8 Å². The SMILES string of the molecule is CSC1=NC=CN2C1=NCC2c1cnn(C)c1. The molecule has 6 heteroatoms. The molecule has 0 amide bonds. The van der Waals surface area contributed by atoms with E-state index in [4.69, 9.17) is 0 Å². The van der Waals surface area contributed by atoms with Crippen LogP contribution >= 0.6 is 11.8 Å². The molecule has 0 aromatic carbocycles. The van der Waals surface area contributed by atoms with E-state index in [1.165, 1.54) is 5.56 Å². The van der Waals surface area contributed by atoms with E-state index in [1.807, 2.05) is 42.8 Å². The Kier molecular flexibility index (Phi) is 2.51. The minimum absolute atomic E-state index is 0.257. The molecule has 0 saturated heterocycles. The van der Waals surface area contributed by atoms with Crippen molar-refractivity contribution in [2.45, 2.75) is 6.04 Å². The molecule has 0 aliphatic carbocycles. The lowest BCUT2D eigenvalue weighted by molar-refractivity contribution is 0.458. The Morgan fingerprint density at radius 1 is 1.47 bits per heavy atom. The number of hydrogen-bond donors (Lipinski definition) is 0. The molecule has 88 valence electrons. The second kappa shape index (κ2) is 4.03. The molecule has 2 aliphatic heterocycles. The van der Waals surface area contributed by atoms with Crippen molar-refractivity contribution in [3.63, 3.8) is 0 Å². The van der Waals surface area contributed by atoms with Gasteiger partial charge in [-0.15, -0.1) is 11.8 Å². The molecule has 3 rings (SSSR count). The van der Waals surface area contributed by atoms with Gasteiger partial charge in [-0.3, -0.25) is 9.67 Å². The van der Waals surface area contributed by atoms with E-state index < -0.39 is 0 Å². The van der Waals surface area contributed by atoms with Gasteiger partial charge in [0.05, 0.1) is 18.8 Å². The highest BCUT2D eigenvalue weighted by molar-refractivity contribution is 8.15. The maximum atomic E-state index is 4.58. The van der Waals surface area contributed by atoms with Crippen LogP contribution in [0.15, 0.2) is 34.8 Å². The van der Waals surface area contributed by atoms with Gasteiger partial charge in [0.1, 0.15) is 5.04 Å². The summed E-state index contributed by atoms with van der Waals surface area (Å²) < 4.78 is 1.82. The summed E-state index contributed by atoms with van der Waals surface area (Å²) in [5.74, 6) is 0.980. The van der Waals surface area contributed by atoms with E-state index in [0.717, 1.165) is 17.4 Å². The minimum Gasteiger partial charge on any atom is -0.320 e. The molecule has 17 heavy (non-hydrogen) atoms. The standard InChI is InChI=1S/C11H13N5S/c1-15-7-8(5-14-15)9-6-13-10-11(17-2)12-3-4-16(9)10/h3-5,7,9H,6H2,1-2H3. The van der Waals surface area contributed by atoms with Crippen LogP contribution in [0.5, 0.6) is 0 Å². The Labute approximate surface area is 104 Å². The first-order valence-electron chi connectivity index (χ1n) is 5.40. The summed E-state index contributed by atoms with van der Waals surface area (Å²) in [6.07, 6.45) is 9.79. The van der Waals surface area contributed by atoms with Crippen molar-refractivity contribution in [2.24, 2.45) is 17.0 Å². The van der Waals surface area contributed by atoms with E-state index in [2.05, 4.69) is 20.0 Å². The average Bonchev–Trinajstić information content (AvgIpc) is 2.94. The summed E-state index contributed by atoms with van der Waals surface area (Å²) in [7, 11) is 1.93. The number of hydrogen-bond acceptors (Lipinski definition) is 5. The van der Waals surface area contributed by atoms with E-state index in [9.17, 15) is 0 Å². The lowest BCUT2D eigenvalue weighted by Crippen LogP contribution is -2.31. The van der Waals surface area contributed by atoms with Crippen LogP contribution in [0.3, 0.4) is 0 Å². The van der Waals surface area contributed by atoms with Gasteiger partial charge in [-0.1, -0.05) is 0 Å². The number of fused-ring (bicyclic) bond motifs is 1. The summed E-state index contributed by atoms with van der Waals surface area (Å²) >= 11 is 1.63. The number of amidine groups is 1. The van der Waals surface area contributed by atoms with E-state index >= 15 is 0 Å². The van der Waals surface area contributed by atoms with Crippen LogP contribution in [0.4, 0.5) is 0 Å². The third kappa shape index (κ3) is 1.68. The lowest BCUT2D eigenvalue weighted by atomic mass is 10.1. The Bertz CT molecular complexity index is 528. The van der Waals surface area contributed by atoms with Gasteiger partial charge in [-0.25, -0.2) is 4.99 Å². The van der Waals surface area contributed by atoms with Crippen LogP contribution in [0.1, 0.15) is 11.6 Å². The fourth-order valence-corrected chi connectivity index (χ4v) is 2.61. The molecule has 5 nitrogen and oxygen atoms in total. The first-order chi connectivity index (χ1) is 8.29. The van der Waals surface area contributed by atoms with E-state index in [0.29, 0.717) is 0 Å². The van der Waals surface area contributed by atoms with Crippen LogP contribution in [0.25, 0.3) is 0 Å². The van der Waals surface area contributed by atoms with E-state index in [-0.39, 0.29) is 6.04 Å². The molecule has 0 saturated carbocycles. The van der Waals surface area contributed by atoms with Gasteiger partial charge in [0.2, 0.25) is 0 Å². The largest absolute Gasteiger partial charge is 0.320 e. The van der Waals surface area contributed by atoms with Crippen molar-refractivity contribution < 1.29 is 0 Å². The lowest BCUT2D eigenvalue weighted by Gasteiger charge is -2.25. The molecule has 0 bridgehead atoms. The fraction of sp³-hybridized carbons (Fsp3) is 0.364. The number of aryl methyl sites for hydroxylation is 1. The van der Waals surface area contributed by atoms with Gasteiger partial charge in [-0.2, -0.15) is 5.10 Å². The molecular formula is C11H13N5S. The normalized spacial score (nSPS) is 22.5. The highest BCUT2D eigenvalue weighted by Gasteiger charge is 2.32. The van der Waals surface area contributed by atoms with Crippen molar-refractivity contribution in [3.05, 3.63) is 30.4 Å². The van der Waals surface area contributed by atoms with E-state index in [1.54, 1.807) is 11.8 Å². The second-order valence-corrected chi connectivity index (χ2v) is 4.77. The topological polar surface area (TPSA) is 45.8 Å². The number of nitrogens with zero attached hydrogens (tertiary/aromatic N) is 5. The maximum absolute atomic E-state index is 4.58. The van der Waals surface area contributed by atoms with Crippen LogP contribution in [-0.4, -0.2) is 38.4 Å². The zero-order chi connectivity index (χ0) is 11.8. The summed E-state index contributed by atoms with van der Waals surface area (Å²) in [6, 6.07) is 0.257. The molecule has 1 atom stereocenters. The quantitative estimate of drug-likeness (QED) is 0.754. The Hall–Kier alpha value is -1.56. The highest BCUT2D eigenvalue weighted by atomic mass is 32.2. The van der Waals surface area contributed by atoms with Crippen molar-refractivity contribution >= 4 is 22.6 Å². The summed E-state index contributed by atoms with van der Waals surface area (Å²) in [5.41, 5.74) is 1.19. The molecule has 1 aromatic heterocycles. The third-order valence-electron chi connectivity index (χ3n) is 2.91. The molecule has 2 aliphatic rings. The van der Waals surface area contributed by atoms with Crippen LogP contribution in [0.2, 0.25) is 0 Å². The Morgan fingerprint density at radius 3 is 3.06 bits per heavy atom. The Balaban J connectivity index is 1.90. The summed E-state index contributed by atoms with van der Waals surface area (Å²) in [5, 5.41) is 5.20. The van der Waals surface area contributed by atoms with Gasteiger partial charge >= 0.3 is 0 Å². The molecule has 1 aromatic rings. The van der Waals surface area contributed by atoms with Crippen molar-refractivity contribution in [1.29, 1.82) is 0 Å². The minimum atomic E-state index is 0.257. The third-order valence-corrected chi connectivity index (χ3v) is 3.58. The van der Waals surface area contributed by atoms with Gasteiger partial charge in [-0.05, 0) is 6.26 Å². The molecule has 0 N–H and O–H groups in total. The molecule has 0 radical (unpaired) electrons. The smallest absolute Gasteiger partial charge is 0.161 e. The number of aromatic nitrogens is 2. The zero-order valence-corrected chi connectivity index (χ0v) is 10.6. The van der Waals surface area contributed by atoms with Gasteiger partial charge < -0.3 is 4.90 Å². The van der Waals surface area contributed by atoms with Gasteiger partial charge in [0, 0.05) is 31.2 Å². The zero-order valence-electron chi connectivity index (χ0n) is 9.74. The molecule has 0 fully saturated rings. The van der Waals surface area contributed by atoms with Crippen LogP contribution in [-0.2, 0) is 7.05 Å². The molecular weight excluding hydrogens is 234 g/mol. The van der Waals surface area contributed by atoms with Crippen LogP contribution < -0.4 is 0 Å². The number of thioether (sulfide) groups is 1. The predicted molar refractivity (Wildman–Crippen MR) is 70.2 cm³/mol. The highest BCUT2D eigenvalue weighted by Crippen LogP contribution is 2.29. The van der Waals surface area contributed by atoms with Gasteiger partial charge in [0.25, 0.3) is 0 Å². The summed E-state index contributed by atoms with van der Waals surface area (Å²) in [4.78, 5) is 11.1. The molecule has 3 heterocycles. The second-order valence-electron chi connectivity index (χ2n) is 3.97. The summed E-state index contributed by atoms with van der Waals surface area (Å²) in [6.45, 7) is 0.769. The predicted octanol–water partition coefficient (Wildman–Crippen LogP) is 1.42. The van der Waals surface area contributed by atoms with Crippen LogP contribution in [0, 0.1) is 0 Å². The van der Waals surface area contributed by atoms with Gasteiger partial charge in [0.15, 0.2) is 5.84 Å². The fourth-order valence-electron chi connectivity index (χ4n) is 2.10. The average molecular weight is 247 g/mol. The Morgan fingerprint density at radius 2 is 2.35 bits per heavy atom. The maximum Gasteiger partial charge on any atom is 0.161 e. The van der Waals surface area contributed by atoms with Crippen molar-refractivity contribution in [3.8, 4) is 0 Å². The first kappa shape index (κ1) is 10.6. The molecule has 1 unspecified atom stereocenters. The molecule has 0 spiro atoms. The number of rotatable bonds is 1. The van der Waals surface area contributed by atoms with Crippen molar-refractivity contribution in [1.82, 2.24) is 14.7 Å². The first-order valence-corrected chi connectivity index (χ1v) is 6.62. The number of aliphatic imine (C=N–C) groups is 2. The monoisotopic (exact) mass is 247 g/mol.